The van der Waals surface area contributed by atoms with Gasteiger partial charge in [-0.1, -0.05) is 59.9 Å². The molecule has 1 N–H and O–H groups in total. The van der Waals surface area contributed by atoms with E-state index in [1.165, 1.54) is 38.3 Å². The Hall–Kier alpha value is -4.40. The summed E-state index contributed by atoms with van der Waals surface area (Å²) >= 11 is 0. The molecular formula is C38H70O14. The minimum absolute atomic E-state index is 0. The summed E-state index contributed by atoms with van der Waals surface area (Å²) in [6, 6.07) is 0. The van der Waals surface area contributed by atoms with Gasteiger partial charge in [0.15, 0.2) is 0 Å². The second kappa shape index (κ2) is 58.8. The fraction of sp³-hybridized carbons (Fsp3) is 0.579. The SMILES string of the molecule is C.C.C=C.C=CC(=O)OCC.C=CCCCC.C=CCOC(C)=O.CCOC(=O)CC(C=O)C(=O)OCC.CCOOC/C=C(/CO)C(=O)OCC. The summed E-state index contributed by atoms with van der Waals surface area (Å²) in [7, 11) is 0. The zero-order valence-corrected chi connectivity index (χ0v) is 31.2. The number of hydrogen-bond donors (Lipinski definition) is 1. The fourth-order valence-corrected chi connectivity index (χ4v) is 2.26. The van der Waals surface area contributed by atoms with E-state index in [1.54, 1.807) is 34.6 Å². The number of ether oxygens (including phenoxy) is 5. The lowest BCUT2D eigenvalue weighted by Crippen LogP contribution is -2.23. The summed E-state index contributed by atoms with van der Waals surface area (Å²) in [5.74, 6) is -3.46. The quantitative estimate of drug-likeness (QED) is 0.0160. The van der Waals surface area contributed by atoms with Gasteiger partial charge < -0.3 is 33.6 Å². The minimum Gasteiger partial charge on any atom is -0.466 e. The smallest absolute Gasteiger partial charge is 0.336 e. The third-order valence-electron chi connectivity index (χ3n) is 4.37. The lowest BCUT2D eigenvalue weighted by atomic mass is 10.1. The van der Waals surface area contributed by atoms with Crippen LogP contribution in [0.15, 0.2) is 62.8 Å². The largest absolute Gasteiger partial charge is 0.466 e. The Kier molecular flexibility index (Phi) is 74.5. The van der Waals surface area contributed by atoms with Gasteiger partial charge in [0.05, 0.1) is 51.6 Å². The molecule has 0 bridgehead atoms. The molecule has 0 spiro atoms. The van der Waals surface area contributed by atoms with E-state index in [-0.39, 0.29) is 71.8 Å². The molecule has 0 saturated carbocycles. The summed E-state index contributed by atoms with van der Waals surface area (Å²) < 4.78 is 22.7. The zero-order valence-electron chi connectivity index (χ0n) is 31.2. The number of aldehydes is 1. The highest BCUT2D eigenvalue weighted by molar-refractivity contribution is 5.92. The maximum atomic E-state index is 11.1. The van der Waals surface area contributed by atoms with Gasteiger partial charge in [0.25, 0.3) is 0 Å². The summed E-state index contributed by atoms with van der Waals surface area (Å²) in [6.45, 7) is 29.8. The van der Waals surface area contributed by atoms with Crippen LogP contribution in [0.25, 0.3) is 0 Å². The first-order valence-corrected chi connectivity index (χ1v) is 16.0. The summed E-state index contributed by atoms with van der Waals surface area (Å²) in [4.78, 5) is 72.8. The molecule has 0 heterocycles. The van der Waals surface area contributed by atoms with Crippen molar-refractivity contribution in [3.63, 3.8) is 0 Å². The van der Waals surface area contributed by atoms with Crippen LogP contribution in [0, 0.1) is 5.92 Å². The molecule has 0 aromatic rings. The van der Waals surface area contributed by atoms with Gasteiger partial charge in [0.2, 0.25) is 0 Å². The first-order chi connectivity index (χ1) is 23.9. The molecule has 14 nitrogen and oxygen atoms in total. The van der Waals surface area contributed by atoms with Crippen LogP contribution in [-0.2, 0) is 62.2 Å². The molecule has 0 radical (unpaired) electrons. The van der Waals surface area contributed by atoms with Crippen molar-refractivity contribution in [1.29, 1.82) is 0 Å². The lowest BCUT2D eigenvalue weighted by Gasteiger charge is -2.08. The highest BCUT2D eigenvalue weighted by Crippen LogP contribution is 2.04. The fourth-order valence-electron chi connectivity index (χ4n) is 2.26. The van der Waals surface area contributed by atoms with Crippen molar-refractivity contribution in [1.82, 2.24) is 0 Å². The number of carbonyl (C=O) groups is 6. The summed E-state index contributed by atoms with van der Waals surface area (Å²) in [5, 5.41) is 8.81. The van der Waals surface area contributed by atoms with Crippen LogP contribution in [-0.4, -0.2) is 94.1 Å². The predicted octanol–water partition coefficient (Wildman–Crippen LogP) is 6.66. The van der Waals surface area contributed by atoms with E-state index in [1.807, 2.05) is 6.08 Å². The standard InChI is InChI=1S/C9H14O5.C9H16O5.C6H12.2C5H8O2.C2H4.2CH4/c1-3-13-8(11)5-7(6-10)9(12)14-4-2;1-3-12-9(11)8(7-10)5-6-14-13-4-2;1-3-5-6-4-2;1-3-4-7-5(2)6;1-3-5(6)7-4-2;1-2;;/h6-7H,3-5H2,1-2H3;5,10H,3-4,6-7H2,1-2H3;3H,1,4-6H2,2H3;2*3H,1,4H2,2H3;1-2H2;2*1H4/b;8-5-;;;;;;. The van der Waals surface area contributed by atoms with E-state index >= 15 is 0 Å². The van der Waals surface area contributed by atoms with Crippen molar-refractivity contribution in [2.45, 2.75) is 89.0 Å². The molecule has 52 heavy (non-hydrogen) atoms. The van der Waals surface area contributed by atoms with E-state index < -0.39 is 23.8 Å². The second-order valence-electron chi connectivity index (χ2n) is 8.28. The van der Waals surface area contributed by atoms with Crippen molar-refractivity contribution in [3.05, 3.63) is 62.8 Å². The van der Waals surface area contributed by atoms with Gasteiger partial charge in [-0.15, -0.1) is 19.7 Å². The molecule has 1 unspecified atom stereocenters. The van der Waals surface area contributed by atoms with E-state index in [4.69, 9.17) is 5.11 Å². The molecule has 306 valence electrons. The number of rotatable bonds is 20. The molecule has 0 amide bonds. The number of unbranched alkanes of at least 4 members (excludes halogenated alkanes) is 2. The van der Waals surface area contributed by atoms with Gasteiger partial charge in [0.1, 0.15) is 25.4 Å². The van der Waals surface area contributed by atoms with E-state index in [0.717, 1.165) is 6.08 Å². The van der Waals surface area contributed by atoms with Crippen molar-refractivity contribution in [3.8, 4) is 0 Å². The topological polar surface area (TPSA) is 187 Å². The average molecular weight is 751 g/mol. The number of hydrogen-bond acceptors (Lipinski definition) is 14. The second-order valence-corrected chi connectivity index (χ2v) is 8.28. The van der Waals surface area contributed by atoms with Gasteiger partial charge in [-0.05, 0) is 47.1 Å². The van der Waals surface area contributed by atoms with Crippen LogP contribution in [0.2, 0.25) is 0 Å². The third-order valence-corrected chi connectivity index (χ3v) is 4.37. The molecule has 1 atom stereocenters. The molecule has 0 saturated heterocycles. The predicted molar refractivity (Wildman–Crippen MR) is 205 cm³/mol. The lowest BCUT2D eigenvalue weighted by molar-refractivity contribution is -0.282. The molecule has 0 aromatic heterocycles. The Morgan fingerprint density at radius 1 is 0.712 bits per heavy atom. The molecule has 0 rings (SSSR count). The maximum Gasteiger partial charge on any atom is 0.336 e. The molecular weight excluding hydrogens is 680 g/mol. The van der Waals surface area contributed by atoms with Crippen molar-refractivity contribution < 1.29 is 67.3 Å². The van der Waals surface area contributed by atoms with Gasteiger partial charge in [-0.3, -0.25) is 14.4 Å². The van der Waals surface area contributed by atoms with Gasteiger partial charge in [-0.2, -0.15) is 0 Å². The van der Waals surface area contributed by atoms with Crippen LogP contribution in [0.3, 0.4) is 0 Å². The zero-order chi connectivity index (χ0) is 40.0. The molecule has 0 aliphatic carbocycles. The van der Waals surface area contributed by atoms with Crippen LogP contribution < -0.4 is 0 Å². The van der Waals surface area contributed by atoms with Crippen LogP contribution in [0.5, 0.6) is 0 Å². The summed E-state index contributed by atoms with van der Waals surface area (Å²) in [5.41, 5.74) is 0.173. The normalized spacial score (nSPS) is 9.27. The Balaban J connectivity index is -0.0000000792. The molecule has 0 aliphatic heterocycles. The Labute approximate surface area is 313 Å². The van der Waals surface area contributed by atoms with E-state index in [0.29, 0.717) is 26.1 Å². The number of esters is 5. The first kappa shape index (κ1) is 65.9. The minimum atomic E-state index is -1.05. The van der Waals surface area contributed by atoms with Crippen molar-refractivity contribution >= 4 is 36.1 Å². The highest BCUT2D eigenvalue weighted by atomic mass is 17.2. The Bertz CT molecular complexity index is 913. The van der Waals surface area contributed by atoms with Crippen LogP contribution in [0.1, 0.15) is 89.0 Å². The van der Waals surface area contributed by atoms with Gasteiger partial charge in [0, 0.05) is 13.0 Å². The number of allylic oxidation sites excluding steroid dienone is 1. The highest BCUT2D eigenvalue weighted by Gasteiger charge is 2.23. The first-order valence-electron chi connectivity index (χ1n) is 16.0. The van der Waals surface area contributed by atoms with Crippen molar-refractivity contribution in [2.75, 3.05) is 52.9 Å². The maximum absolute atomic E-state index is 11.1. The molecule has 0 aliphatic rings. The Morgan fingerprint density at radius 2 is 1.25 bits per heavy atom. The number of aliphatic hydroxyl groups is 1. The van der Waals surface area contributed by atoms with Gasteiger partial charge >= 0.3 is 29.8 Å². The van der Waals surface area contributed by atoms with Crippen LogP contribution in [0.4, 0.5) is 0 Å². The Morgan fingerprint density at radius 3 is 1.56 bits per heavy atom. The number of carbonyl (C=O) groups excluding carboxylic acids is 6. The molecule has 0 fully saturated rings. The average Bonchev–Trinajstić information content (AvgIpc) is 3.11. The monoisotopic (exact) mass is 750 g/mol. The van der Waals surface area contributed by atoms with Crippen LogP contribution >= 0.6 is 0 Å². The van der Waals surface area contributed by atoms with E-state index in [9.17, 15) is 28.8 Å². The molecule has 0 aromatic carbocycles. The third kappa shape index (κ3) is 60.9. The summed E-state index contributed by atoms with van der Waals surface area (Å²) in [6.07, 6.45) is 9.96. The molecule has 14 heteroatoms. The van der Waals surface area contributed by atoms with Crippen molar-refractivity contribution in [2.24, 2.45) is 5.92 Å². The van der Waals surface area contributed by atoms with E-state index in [2.05, 4.69) is 73.3 Å². The number of aliphatic hydroxyl groups excluding tert-OH is 1. The van der Waals surface area contributed by atoms with Gasteiger partial charge in [-0.25, -0.2) is 19.4 Å².